The number of hydrogen-bond acceptors (Lipinski definition) is 6. The topological polar surface area (TPSA) is 92.9 Å². The molecule has 7 heteroatoms. The number of allylic oxidation sites excluding steroid dienone is 1. The first-order valence-corrected chi connectivity index (χ1v) is 10.7. The number of carbonyl (C=O) groups is 1. The molecule has 2 aliphatic heterocycles. The van der Waals surface area contributed by atoms with E-state index in [-0.39, 0.29) is 54.0 Å². The van der Waals surface area contributed by atoms with Crippen molar-refractivity contribution in [3.05, 3.63) is 11.6 Å². The van der Waals surface area contributed by atoms with E-state index in [0.29, 0.717) is 13.0 Å². The second-order valence-electron chi connectivity index (χ2n) is 9.50. The highest BCUT2D eigenvalue weighted by atomic mass is 16.6. The smallest absolute Gasteiger partial charge is 0.407 e. The number of aliphatic hydroxyl groups is 1. The Kier molecular flexibility index (Phi) is 6.63. The summed E-state index contributed by atoms with van der Waals surface area (Å²) in [5, 5.41) is 12.2. The summed E-state index contributed by atoms with van der Waals surface area (Å²) in [6.07, 6.45) is 3.48. The number of nitrogens with one attached hydrogen (secondary N) is 1. The molecule has 7 nitrogen and oxygen atoms in total. The van der Waals surface area contributed by atoms with Gasteiger partial charge in [0.15, 0.2) is 0 Å². The van der Waals surface area contributed by atoms with Gasteiger partial charge in [0.05, 0.1) is 31.3 Å². The van der Waals surface area contributed by atoms with Crippen LogP contribution in [0, 0.1) is 11.8 Å². The number of epoxide rings is 2. The van der Waals surface area contributed by atoms with Crippen LogP contribution in [0.2, 0.25) is 0 Å². The van der Waals surface area contributed by atoms with E-state index in [1.54, 1.807) is 7.11 Å². The molecule has 0 bridgehead atoms. The number of aliphatic hydroxyl groups excluding tert-OH is 1. The molecule has 3 fully saturated rings. The van der Waals surface area contributed by atoms with E-state index in [1.807, 2.05) is 13.8 Å². The average Bonchev–Trinajstić information content (AvgIpc) is 3.57. The van der Waals surface area contributed by atoms with Gasteiger partial charge in [-0.2, -0.15) is 0 Å². The number of rotatable bonds is 8. The third-order valence-electron chi connectivity index (χ3n) is 6.80. The quantitative estimate of drug-likeness (QED) is 0.471. The van der Waals surface area contributed by atoms with Gasteiger partial charge in [0, 0.05) is 7.11 Å². The molecule has 3 rings (SSSR count). The first kappa shape index (κ1) is 22.5. The zero-order valence-electron chi connectivity index (χ0n) is 18.6. The molecular formula is C22H37NO6. The van der Waals surface area contributed by atoms with Crippen molar-refractivity contribution in [2.75, 3.05) is 20.3 Å². The molecule has 1 saturated carbocycles. The highest BCUT2D eigenvalue weighted by Crippen LogP contribution is 2.59. The Morgan fingerprint density at radius 2 is 2.07 bits per heavy atom. The van der Waals surface area contributed by atoms with Crippen LogP contribution in [0.25, 0.3) is 0 Å². The molecule has 29 heavy (non-hydrogen) atoms. The fraction of sp³-hybridized carbons (Fsp3) is 0.864. The van der Waals surface area contributed by atoms with Crippen molar-refractivity contribution in [2.45, 2.75) is 89.4 Å². The van der Waals surface area contributed by atoms with Gasteiger partial charge in [-0.15, -0.1) is 0 Å². The highest BCUT2D eigenvalue weighted by Gasteiger charge is 2.72. The molecule has 0 radical (unpaired) electrons. The van der Waals surface area contributed by atoms with Crippen molar-refractivity contribution in [3.8, 4) is 0 Å². The molecule has 1 amide bonds. The van der Waals surface area contributed by atoms with Crippen LogP contribution in [0.15, 0.2) is 11.6 Å². The van der Waals surface area contributed by atoms with Crippen molar-refractivity contribution >= 4 is 6.09 Å². The van der Waals surface area contributed by atoms with Gasteiger partial charge in [-0.3, -0.25) is 0 Å². The summed E-state index contributed by atoms with van der Waals surface area (Å²) < 4.78 is 23.8. The van der Waals surface area contributed by atoms with E-state index in [9.17, 15) is 9.90 Å². The van der Waals surface area contributed by atoms with Gasteiger partial charge >= 0.3 is 6.09 Å². The van der Waals surface area contributed by atoms with Gasteiger partial charge in [-0.05, 0) is 46.0 Å². The largest absolute Gasteiger partial charge is 0.443 e. The van der Waals surface area contributed by atoms with Gasteiger partial charge in [-0.25, -0.2) is 4.79 Å². The van der Waals surface area contributed by atoms with Gasteiger partial charge in [0.1, 0.15) is 23.4 Å². The Bertz CT molecular complexity index is 627. The van der Waals surface area contributed by atoms with Crippen molar-refractivity contribution in [1.29, 1.82) is 0 Å². The number of ether oxygens (including phenoxy) is 4. The van der Waals surface area contributed by atoms with Gasteiger partial charge in [0.2, 0.25) is 0 Å². The van der Waals surface area contributed by atoms with Crippen LogP contribution < -0.4 is 5.32 Å². The van der Waals surface area contributed by atoms with E-state index >= 15 is 0 Å². The van der Waals surface area contributed by atoms with Gasteiger partial charge < -0.3 is 29.4 Å². The van der Waals surface area contributed by atoms with E-state index < -0.39 is 6.09 Å². The maximum Gasteiger partial charge on any atom is 0.407 e. The number of carbonyl (C=O) groups excluding carboxylic acids is 1. The Labute approximate surface area is 174 Å². The Morgan fingerprint density at radius 3 is 2.59 bits per heavy atom. The van der Waals surface area contributed by atoms with Crippen molar-refractivity contribution < 1.29 is 28.8 Å². The van der Waals surface area contributed by atoms with E-state index in [1.165, 1.54) is 5.57 Å². The summed E-state index contributed by atoms with van der Waals surface area (Å²) in [6.45, 7) is 10.8. The summed E-state index contributed by atoms with van der Waals surface area (Å²) in [5.74, 6) is 0.114. The first-order chi connectivity index (χ1) is 13.7. The zero-order chi connectivity index (χ0) is 21.4. The SMILES string of the molecule is CO[C@@H]1[C@H](OC(=O)N[C@@H](CO)C(C)C)CC[C@]2(CO2)[C@H]1[C@]1(C)O[C@@H]1CC=C(C)C. The third kappa shape index (κ3) is 4.63. The monoisotopic (exact) mass is 411 g/mol. The molecule has 2 heterocycles. The Morgan fingerprint density at radius 1 is 1.38 bits per heavy atom. The van der Waals surface area contributed by atoms with Crippen LogP contribution in [0.3, 0.4) is 0 Å². The maximum absolute atomic E-state index is 12.5. The summed E-state index contributed by atoms with van der Waals surface area (Å²) >= 11 is 0. The summed E-state index contributed by atoms with van der Waals surface area (Å²) in [4.78, 5) is 12.5. The lowest BCUT2D eigenvalue weighted by atomic mass is 9.68. The second kappa shape index (κ2) is 8.53. The summed E-state index contributed by atoms with van der Waals surface area (Å²) in [6, 6.07) is -0.335. The number of alkyl carbamates (subject to hydrolysis) is 1. The predicted molar refractivity (Wildman–Crippen MR) is 109 cm³/mol. The van der Waals surface area contributed by atoms with Gasteiger partial charge in [0.25, 0.3) is 0 Å². The summed E-state index contributed by atoms with van der Waals surface area (Å²) in [5.41, 5.74) is 0.679. The lowest BCUT2D eigenvalue weighted by Gasteiger charge is -2.42. The van der Waals surface area contributed by atoms with Crippen LogP contribution in [0.4, 0.5) is 4.79 Å². The van der Waals surface area contributed by atoms with Crippen LogP contribution >= 0.6 is 0 Å². The van der Waals surface area contributed by atoms with Crippen LogP contribution in [-0.2, 0) is 18.9 Å². The minimum absolute atomic E-state index is 0.000787. The number of methoxy groups -OCH3 is 1. The van der Waals surface area contributed by atoms with Crippen molar-refractivity contribution in [3.63, 3.8) is 0 Å². The van der Waals surface area contributed by atoms with Crippen LogP contribution in [0.5, 0.6) is 0 Å². The highest BCUT2D eigenvalue weighted by molar-refractivity contribution is 5.68. The lowest BCUT2D eigenvalue weighted by molar-refractivity contribution is -0.118. The van der Waals surface area contributed by atoms with E-state index in [2.05, 4.69) is 32.2 Å². The molecule has 1 spiro atoms. The molecule has 3 aliphatic rings. The minimum Gasteiger partial charge on any atom is -0.443 e. The molecule has 2 N–H and O–H groups in total. The molecule has 2 saturated heterocycles. The first-order valence-electron chi connectivity index (χ1n) is 10.7. The predicted octanol–water partition coefficient (Wildman–Crippen LogP) is 2.81. The van der Waals surface area contributed by atoms with Crippen molar-refractivity contribution in [2.24, 2.45) is 11.8 Å². The average molecular weight is 412 g/mol. The normalized spacial score (nSPS) is 39.2. The standard InChI is InChI=1S/C22H37NO6/c1-13(2)7-8-17-21(5,29-17)19-18(26-6)16(9-10-22(19)12-27-22)28-20(25)23-15(11-24)14(3)4/h7,14-19,24H,8-12H2,1-6H3,(H,23,25)/t15-,16+,17+,18+,19+,21+,22-/m0/s1. The molecule has 0 aromatic heterocycles. The van der Waals surface area contributed by atoms with Crippen LogP contribution in [0.1, 0.15) is 53.9 Å². The van der Waals surface area contributed by atoms with Gasteiger partial charge in [-0.1, -0.05) is 25.5 Å². The fourth-order valence-electron chi connectivity index (χ4n) is 4.82. The van der Waals surface area contributed by atoms with Crippen molar-refractivity contribution in [1.82, 2.24) is 5.32 Å². The fourth-order valence-corrected chi connectivity index (χ4v) is 4.82. The van der Waals surface area contributed by atoms with Crippen LogP contribution in [-0.4, -0.2) is 67.1 Å². The second-order valence-corrected chi connectivity index (χ2v) is 9.50. The number of hydrogen-bond donors (Lipinski definition) is 2. The summed E-state index contributed by atoms with van der Waals surface area (Å²) in [7, 11) is 1.66. The molecule has 0 unspecified atom stereocenters. The lowest BCUT2D eigenvalue weighted by Crippen LogP contribution is -2.56. The molecule has 0 aromatic rings. The molecule has 0 aromatic carbocycles. The maximum atomic E-state index is 12.5. The molecule has 7 atom stereocenters. The Hall–Kier alpha value is -1.15. The Balaban J connectivity index is 1.70. The number of amides is 1. The minimum atomic E-state index is -0.515. The molecule has 1 aliphatic carbocycles. The molecule has 166 valence electrons. The third-order valence-corrected chi connectivity index (χ3v) is 6.80. The molecular weight excluding hydrogens is 374 g/mol. The van der Waals surface area contributed by atoms with E-state index in [0.717, 1.165) is 12.8 Å². The van der Waals surface area contributed by atoms with E-state index in [4.69, 9.17) is 18.9 Å². The zero-order valence-corrected chi connectivity index (χ0v) is 18.6.